The van der Waals surface area contributed by atoms with Crippen LogP contribution in [0.4, 0.5) is 0 Å². The van der Waals surface area contributed by atoms with Crippen LogP contribution in [0.15, 0.2) is 72.1 Å². The number of carbonyl (C=O) groups excluding carboxylic acids is 1. The Morgan fingerprint density at radius 2 is 1.72 bits per heavy atom. The Hall–Kier alpha value is -3.51. The number of carbonyl (C=O) groups is 2. The molecule has 3 aromatic carbocycles. The van der Waals surface area contributed by atoms with Crippen molar-refractivity contribution in [2.75, 3.05) is 0 Å². The minimum Gasteiger partial charge on any atom is -0.480 e. The number of fused-ring (bicyclic) bond motifs is 1. The molecule has 0 aliphatic carbocycles. The van der Waals surface area contributed by atoms with Crippen LogP contribution in [0.1, 0.15) is 30.6 Å². The number of nitrogens with zero attached hydrogens (tertiary/aromatic N) is 1. The number of hydrogen-bond acceptors (Lipinski definition) is 4. The number of aliphatic carboxylic acids is 1. The molecule has 1 atom stereocenters. The van der Waals surface area contributed by atoms with Gasteiger partial charge in [-0.15, -0.1) is 11.3 Å². The average molecular weight is 445 g/mol. The third kappa shape index (κ3) is 4.86. The molecule has 1 unspecified atom stereocenters. The summed E-state index contributed by atoms with van der Waals surface area (Å²) < 4.78 is 0. The van der Waals surface area contributed by atoms with E-state index in [-0.39, 0.29) is 11.8 Å². The fourth-order valence-electron chi connectivity index (χ4n) is 3.60. The molecule has 5 nitrogen and oxygen atoms in total. The molecule has 0 radical (unpaired) electrons. The number of benzene rings is 3. The largest absolute Gasteiger partial charge is 0.480 e. The van der Waals surface area contributed by atoms with E-state index in [9.17, 15) is 14.7 Å². The van der Waals surface area contributed by atoms with Crippen molar-refractivity contribution in [3.63, 3.8) is 0 Å². The number of hydrogen-bond donors (Lipinski definition) is 2. The van der Waals surface area contributed by atoms with Crippen molar-refractivity contribution in [2.45, 2.75) is 26.3 Å². The molecule has 4 rings (SSSR count). The van der Waals surface area contributed by atoms with E-state index < -0.39 is 12.0 Å². The molecule has 32 heavy (non-hydrogen) atoms. The van der Waals surface area contributed by atoms with E-state index >= 15 is 0 Å². The molecule has 0 aliphatic heterocycles. The monoisotopic (exact) mass is 444 g/mol. The first kappa shape index (κ1) is 21.7. The zero-order valence-corrected chi connectivity index (χ0v) is 18.7. The zero-order valence-electron chi connectivity index (χ0n) is 17.9. The highest BCUT2D eigenvalue weighted by Crippen LogP contribution is 2.31. The van der Waals surface area contributed by atoms with Gasteiger partial charge in [-0.1, -0.05) is 62.4 Å². The van der Waals surface area contributed by atoms with Crippen LogP contribution in [0.2, 0.25) is 0 Å². The molecular formula is C26H24N2O3S. The molecule has 1 heterocycles. The summed E-state index contributed by atoms with van der Waals surface area (Å²) in [6, 6.07) is 20.6. The fraction of sp³-hybridized carbons (Fsp3) is 0.192. The van der Waals surface area contributed by atoms with E-state index in [2.05, 4.69) is 5.32 Å². The molecular weight excluding hydrogens is 420 g/mol. The Balaban J connectivity index is 1.60. The lowest BCUT2D eigenvalue weighted by molar-refractivity contribution is -0.139. The Kier molecular flexibility index (Phi) is 6.32. The van der Waals surface area contributed by atoms with Crippen molar-refractivity contribution in [3.05, 3.63) is 77.7 Å². The standard InChI is InChI=1S/C26H24N2O3S/c1-16(2)12-22(26(30)31)27-24(29)19-10-8-17-9-11-20(14-21(17)13-19)25-28-23(15-32-25)18-6-4-3-5-7-18/h3-11,13-16,22H,12H2,1-2H3,(H,27,29)(H,30,31). The maximum atomic E-state index is 12.7. The van der Waals surface area contributed by atoms with Crippen LogP contribution in [0.5, 0.6) is 0 Å². The molecule has 0 bridgehead atoms. The predicted molar refractivity (Wildman–Crippen MR) is 129 cm³/mol. The van der Waals surface area contributed by atoms with Gasteiger partial charge in [-0.2, -0.15) is 0 Å². The molecule has 4 aromatic rings. The van der Waals surface area contributed by atoms with E-state index in [4.69, 9.17) is 4.98 Å². The van der Waals surface area contributed by atoms with Crippen molar-refractivity contribution in [2.24, 2.45) is 5.92 Å². The molecule has 2 N–H and O–H groups in total. The third-order valence-electron chi connectivity index (χ3n) is 5.23. The van der Waals surface area contributed by atoms with Gasteiger partial charge in [-0.05, 0) is 41.3 Å². The van der Waals surface area contributed by atoms with Crippen molar-refractivity contribution in [1.29, 1.82) is 0 Å². The molecule has 0 saturated heterocycles. The first-order chi connectivity index (χ1) is 15.4. The van der Waals surface area contributed by atoms with E-state index in [1.165, 1.54) is 0 Å². The van der Waals surface area contributed by atoms with Crippen molar-refractivity contribution in [1.82, 2.24) is 10.3 Å². The van der Waals surface area contributed by atoms with Gasteiger partial charge in [0.05, 0.1) is 5.69 Å². The Labute approximate surface area is 190 Å². The van der Waals surface area contributed by atoms with E-state index in [0.717, 1.165) is 32.6 Å². The summed E-state index contributed by atoms with van der Waals surface area (Å²) in [4.78, 5) is 29.0. The van der Waals surface area contributed by atoms with Crippen LogP contribution in [-0.4, -0.2) is 28.0 Å². The smallest absolute Gasteiger partial charge is 0.326 e. The van der Waals surface area contributed by atoms with Gasteiger partial charge >= 0.3 is 5.97 Å². The van der Waals surface area contributed by atoms with Crippen molar-refractivity contribution < 1.29 is 14.7 Å². The quantitative estimate of drug-likeness (QED) is 0.374. The van der Waals surface area contributed by atoms with Crippen LogP contribution in [0.25, 0.3) is 32.6 Å². The van der Waals surface area contributed by atoms with Gasteiger partial charge in [0.1, 0.15) is 11.0 Å². The van der Waals surface area contributed by atoms with Gasteiger partial charge in [0, 0.05) is 22.1 Å². The summed E-state index contributed by atoms with van der Waals surface area (Å²) in [5.74, 6) is -1.24. The fourth-order valence-corrected chi connectivity index (χ4v) is 4.43. The summed E-state index contributed by atoms with van der Waals surface area (Å²) in [5, 5.41) is 16.9. The number of thiazole rings is 1. The molecule has 6 heteroatoms. The lowest BCUT2D eigenvalue weighted by Crippen LogP contribution is -2.41. The highest BCUT2D eigenvalue weighted by molar-refractivity contribution is 7.13. The molecule has 0 spiro atoms. The number of amides is 1. The van der Waals surface area contributed by atoms with E-state index in [0.29, 0.717) is 12.0 Å². The second-order valence-corrected chi connectivity index (χ2v) is 9.03. The lowest BCUT2D eigenvalue weighted by atomic mass is 10.0. The third-order valence-corrected chi connectivity index (χ3v) is 6.13. The number of aromatic nitrogens is 1. The SMILES string of the molecule is CC(C)CC(NC(=O)c1ccc2ccc(-c3nc(-c4ccccc4)cs3)cc2c1)C(=O)O. The molecule has 162 valence electrons. The first-order valence-corrected chi connectivity index (χ1v) is 11.4. The molecule has 0 saturated carbocycles. The molecule has 0 aliphatic rings. The lowest BCUT2D eigenvalue weighted by Gasteiger charge is -2.16. The topological polar surface area (TPSA) is 79.3 Å². The minimum absolute atomic E-state index is 0.162. The predicted octanol–water partition coefficient (Wildman–Crippen LogP) is 5.86. The van der Waals surface area contributed by atoms with Crippen molar-refractivity contribution in [3.8, 4) is 21.8 Å². The normalized spacial score (nSPS) is 12.1. The van der Waals surface area contributed by atoms with Crippen LogP contribution in [-0.2, 0) is 4.79 Å². The molecule has 1 amide bonds. The number of carboxylic acids is 1. The van der Waals surface area contributed by atoms with Gasteiger partial charge < -0.3 is 10.4 Å². The minimum atomic E-state index is -1.02. The Bertz CT molecular complexity index is 1260. The van der Waals surface area contributed by atoms with Crippen LogP contribution in [0, 0.1) is 5.92 Å². The second-order valence-electron chi connectivity index (χ2n) is 8.17. The van der Waals surface area contributed by atoms with E-state index in [1.54, 1.807) is 23.5 Å². The summed E-state index contributed by atoms with van der Waals surface area (Å²) >= 11 is 1.58. The Morgan fingerprint density at radius 3 is 2.44 bits per heavy atom. The zero-order chi connectivity index (χ0) is 22.7. The van der Waals surface area contributed by atoms with Crippen LogP contribution >= 0.6 is 11.3 Å². The van der Waals surface area contributed by atoms with Gasteiger partial charge in [-0.3, -0.25) is 4.79 Å². The summed E-state index contributed by atoms with van der Waals surface area (Å²) in [6.07, 6.45) is 0.382. The molecule has 1 aromatic heterocycles. The number of carboxylic acid groups (broad SMARTS) is 1. The van der Waals surface area contributed by atoms with Gasteiger partial charge in [0.15, 0.2) is 0 Å². The summed E-state index contributed by atoms with van der Waals surface area (Å²) in [6.45, 7) is 3.86. The maximum Gasteiger partial charge on any atom is 0.326 e. The summed E-state index contributed by atoms with van der Waals surface area (Å²) in [7, 11) is 0. The highest BCUT2D eigenvalue weighted by Gasteiger charge is 2.22. The first-order valence-electron chi connectivity index (χ1n) is 10.5. The molecule has 0 fully saturated rings. The van der Waals surface area contributed by atoms with Crippen LogP contribution < -0.4 is 5.32 Å². The number of rotatable bonds is 7. The highest BCUT2D eigenvalue weighted by atomic mass is 32.1. The Morgan fingerprint density at radius 1 is 0.969 bits per heavy atom. The average Bonchev–Trinajstić information content (AvgIpc) is 3.28. The van der Waals surface area contributed by atoms with Gasteiger partial charge in [-0.25, -0.2) is 9.78 Å². The van der Waals surface area contributed by atoms with Crippen LogP contribution in [0.3, 0.4) is 0 Å². The van der Waals surface area contributed by atoms with Gasteiger partial charge in [0.2, 0.25) is 0 Å². The number of nitrogens with one attached hydrogen (secondary N) is 1. The van der Waals surface area contributed by atoms with Crippen molar-refractivity contribution >= 4 is 34.0 Å². The second kappa shape index (κ2) is 9.32. The van der Waals surface area contributed by atoms with E-state index in [1.807, 2.05) is 73.8 Å². The van der Waals surface area contributed by atoms with Gasteiger partial charge in [0.25, 0.3) is 5.91 Å². The summed E-state index contributed by atoms with van der Waals surface area (Å²) in [5.41, 5.74) is 3.42. The maximum absolute atomic E-state index is 12.7.